The van der Waals surface area contributed by atoms with Gasteiger partial charge in [-0.3, -0.25) is 14.5 Å². The predicted molar refractivity (Wildman–Crippen MR) is 73.8 cm³/mol. The molecular formula is C14H26N2O3. The Labute approximate surface area is 115 Å². The van der Waals surface area contributed by atoms with Gasteiger partial charge in [-0.25, -0.2) is 0 Å². The third kappa shape index (κ3) is 4.82. The number of piperidine rings is 1. The van der Waals surface area contributed by atoms with Crippen molar-refractivity contribution in [1.82, 2.24) is 9.80 Å². The van der Waals surface area contributed by atoms with Gasteiger partial charge in [0, 0.05) is 13.1 Å². The summed E-state index contributed by atoms with van der Waals surface area (Å²) >= 11 is 0. The van der Waals surface area contributed by atoms with Crippen LogP contribution >= 0.6 is 0 Å². The molecule has 0 aromatic heterocycles. The first-order valence-corrected chi connectivity index (χ1v) is 7.19. The molecule has 1 aliphatic heterocycles. The Bertz CT molecular complexity index is 301. The normalized spacial score (nSPS) is 17.4. The standard InChI is InChI=1S/C14H26N2O3/c1-4-8-16(11-13(17)19-3)12(2)14(18)15-9-6-5-7-10-15/h12H,4-11H2,1-3H3. The van der Waals surface area contributed by atoms with E-state index in [1.165, 1.54) is 13.5 Å². The quantitative estimate of drug-likeness (QED) is 0.682. The molecule has 1 rings (SSSR count). The molecule has 0 spiro atoms. The Morgan fingerprint density at radius 1 is 1.26 bits per heavy atom. The highest BCUT2D eigenvalue weighted by Crippen LogP contribution is 2.12. The summed E-state index contributed by atoms with van der Waals surface area (Å²) in [6.45, 7) is 6.54. The average molecular weight is 270 g/mol. The third-order valence-corrected chi connectivity index (χ3v) is 3.64. The lowest BCUT2D eigenvalue weighted by atomic mass is 10.1. The van der Waals surface area contributed by atoms with Gasteiger partial charge in [0.15, 0.2) is 0 Å². The molecule has 0 radical (unpaired) electrons. The van der Waals surface area contributed by atoms with Crippen LogP contribution in [0.2, 0.25) is 0 Å². The van der Waals surface area contributed by atoms with Crippen LogP contribution in [-0.2, 0) is 14.3 Å². The molecule has 1 atom stereocenters. The van der Waals surface area contributed by atoms with Gasteiger partial charge >= 0.3 is 5.97 Å². The first-order valence-electron chi connectivity index (χ1n) is 7.19. The maximum Gasteiger partial charge on any atom is 0.319 e. The van der Waals surface area contributed by atoms with Crippen LogP contribution in [0, 0.1) is 0 Å². The largest absolute Gasteiger partial charge is 0.468 e. The van der Waals surface area contributed by atoms with Crippen LogP contribution in [0.15, 0.2) is 0 Å². The fourth-order valence-corrected chi connectivity index (χ4v) is 2.46. The maximum atomic E-state index is 12.4. The predicted octanol–water partition coefficient (Wildman–Crippen LogP) is 1.27. The number of esters is 1. The van der Waals surface area contributed by atoms with Crippen molar-refractivity contribution in [3.63, 3.8) is 0 Å². The van der Waals surface area contributed by atoms with Gasteiger partial charge in [-0.05, 0) is 39.2 Å². The number of hydrogen-bond donors (Lipinski definition) is 0. The van der Waals surface area contributed by atoms with Gasteiger partial charge in [-0.1, -0.05) is 6.92 Å². The number of carbonyl (C=O) groups is 2. The number of carbonyl (C=O) groups excluding carboxylic acids is 2. The minimum Gasteiger partial charge on any atom is -0.468 e. The van der Waals surface area contributed by atoms with E-state index in [1.807, 2.05) is 23.6 Å². The van der Waals surface area contributed by atoms with E-state index in [-0.39, 0.29) is 24.5 Å². The summed E-state index contributed by atoms with van der Waals surface area (Å²) in [5.74, 6) is -0.149. The number of methoxy groups -OCH3 is 1. The molecule has 5 nitrogen and oxygen atoms in total. The lowest BCUT2D eigenvalue weighted by molar-refractivity contribution is -0.145. The van der Waals surface area contributed by atoms with Crippen molar-refractivity contribution < 1.29 is 14.3 Å². The highest BCUT2D eigenvalue weighted by Gasteiger charge is 2.27. The van der Waals surface area contributed by atoms with Crippen molar-refractivity contribution in [3.05, 3.63) is 0 Å². The number of ether oxygens (including phenoxy) is 1. The van der Waals surface area contributed by atoms with E-state index < -0.39 is 0 Å². The minimum absolute atomic E-state index is 0.136. The smallest absolute Gasteiger partial charge is 0.319 e. The van der Waals surface area contributed by atoms with Crippen molar-refractivity contribution in [2.45, 2.75) is 45.6 Å². The number of rotatable bonds is 6. The number of nitrogens with zero attached hydrogens (tertiary/aromatic N) is 2. The van der Waals surface area contributed by atoms with Crippen molar-refractivity contribution in [2.75, 3.05) is 33.3 Å². The Morgan fingerprint density at radius 2 is 1.89 bits per heavy atom. The van der Waals surface area contributed by atoms with Crippen molar-refractivity contribution >= 4 is 11.9 Å². The fourth-order valence-electron chi connectivity index (χ4n) is 2.46. The molecule has 1 heterocycles. The average Bonchev–Trinajstić information content (AvgIpc) is 2.46. The summed E-state index contributed by atoms with van der Waals surface area (Å²) in [6.07, 6.45) is 4.29. The van der Waals surface area contributed by atoms with Crippen LogP contribution in [0.5, 0.6) is 0 Å². The summed E-state index contributed by atoms with van der Waals surface area (Å²) < 4.78 is 4.70. The molecule has 1 fully saturated rings. The zero-order valence-corrected chi connectivity index (χ0v) is 12.4. The molecule has 0 aliphatic carbocycles. The summed E-state index contributed by atoms with van der Waals surface area (Å²) in [6, 6.07) is -0.253. The molecule has 0 N–H and O–H groups in total. The van der Waals surface area contributed by atoms with Crippen LogP contribution < -0.4 is 0 Å². The van der Waals surface area contributed by atoms with E-state index in [9.17, 15) is 9.59 Å². The van der Waals surface area contributed by atoms with Gasteiger partial charge in [0.1, 0.15) is 0 Å². The molecule has 1 aliphatic rings. The van der Waals surface area contributed by atoms with Crippen molar-refractivity contribution in [2.24, 2.45) is 0 Å². The van der Waals surface area contributed by atoms with Crippen LogP contribution in [0.3, 0.4) is 0 Å². The van der Waals surface area contributed by atoms with E-state index in [0.717, 1.165) is 38.9 Å². The van der Waals surface area contributed by atoms with E-state index in [4.69, 9.17) is 4.74 Å². The zero-order chi connectivity index (χ0) is 14.3. The van der Waals surface area contributed by atoms with Gasteiger partial charge in [0.05, 0.1) is 19.7 Å². The molecular weight excluding hydrogens is 244 g/mol. The van der Waals surface area contributed by atoms with E-state index >= 15 is 0 Å². The Hall–Kier alpha value is -1.10. The Balaban J connectivity index is 2.60. The zero-order valence-electron chi connectivity index (χ0n) is 12.4. The van der Waals surface area contributed by atoms with Gasteiger partial charge in [0.2, 0.25) is 5.91 Å². The second-order valence-electron chi connectivity index (χ2n) is 5.11. The van der Waals surface area contributed by atoms with E-state index in [2.05, 4.69) is 0 Å². The highest BCUT2D eigenvalue weighted by atomic mass is 16.5. The van der Waals surface area contributed by atoms with Crippen LogP contribution in [0.25, 0.3) is 0 Å². The van der Waals surface area contributed by atoms with Gasteiger partial charge in [0.25, 0.3) is 0 Å². The summed E-state index contributed by atoms with van der Waals surface area (Å²) in [5.41, 5.74) is 0. The van der Waals surface area contributed by atoms with E-state index in [1.54, 1.807) is 0 Å². The molecule has 5 heteroatoms. The highest BCUT2D eigenvalue weighted by molar-refractivity contribution is 5.82. The number of likely N-dealkylation sites (tertiary alicyclic amines) is 1. The second kappa shape index (κ2) is 8.15. The van der Waals surface area contributed by atoms with Gasteiger partial charge in [-0.15, -0.1) is 0 Å². The van der Waals surface area contributed by atoms with E-state index in [0.29, 0.717) is 0 Å². The molecule has 1 saturated heterocycles. The lowest BCUT2D eigenvalue weighted by Gasteiger charge is -2.33. The first-order chi connectivity index (χ1) is 9.10. The molecule has 0 bridgehead atoms. The molecule has 0 aromatic rings. The summed E-state index contributed by atoms with van der Waals surface area (Å²) in [5, 5.41) is 0. The summed E-state index contributed by atoms with van der Waals surface area (Å²) in [4.78, 5) is 27.7. The van der Waals surface area contributed by atoms with Crippen LogP contribution in [0.4, 0.5) is 0 Å². The molecule has 19 heavy (non-hydrogen) atoms. The topological polar surface area (TPSA) is 49.9 Å². The maximum absolute atomic E-state index is 12.4. The molecule has 0 aromatic carbocycles. The van der Waals surface area contributed by atoms with Gasteiger partial charge in [-0.2, -0.15) is 0 Å². The molecule has 1 amide bonds. The van der Waals surface area contributed by atoms with Gasteiger partial charge < -0.3 is 9.64 Å². The van der Waals surface area contributed by atoms with Crippen LogP contribution in [0.1, 0.15) is 39.5 Å². The Morgan fingerprint density at radius 3 is 2.42 bits per heavy atom. The summed E-state index contributed by atoms with van der Waals surface area (Å²) in [7, 11) is 1.38. The third-order valence-electron chi connectivity index (χ3n) is 3.64. The SMILES string of the molecule is CCCN(CC(=O)OC)C(C)C(=O)N1CCCCC1. The molecule has 1 unspecified atom stereocenters. The minimum atomic E-state index is -0.285. The van der Waals surface area contributed by atoms with Crippen LogP contribution in [-0.4, -0.2) is 61.0 Å². The number of amides is 1. The first kappa shape index (κ1) is 16.0. The van der Waals surface area contributed by atoms with Crippen molar-refractivity contribution in [1.29, 1.82) is 0 Å². The molecule has 0 saturated carbocycles. The molecule has 110 valence electrons. The fraction of sp³-hybridized carbons (Fsp3) is 0.857. The number of hydrogen-bond acceptors (Lipinski definition) is 4. The second-order valence-corrected chi connectivity index (χ2v) is 5.11. The van der Waals surface area contributed by atoms with Crippen molar-refractivity contribution in [3.8, 4) is 0 Å². The Kier molecular flexibility index (Phi) is 6.84. The lowest BCUT2D eigenvalue weighted by Crippen LogP contribution is -2.50. The monoisotopic (exact) mass is 270 g/mol.